The third-order valence-corrected chi connectivity index (χ3v) is 4.34. The molecule has 1 aromatic carbocycles. The van der Waals surface area contributed by atoms with Gasteiger partial charge >= 0.3 is 0 Å². The van der Waals surface area contributed by atoms with Gasteiger partial charge in [-0.2, -0.15) is 0 Å². The average molecular weight is 288 g/mol. The minimum absolute atomic E-state index is 0.108. The van der Waals surface area contributed by atoms with E-state index in [0.29, 0.717) is 10.6 Å². The molecule has 2 N–H and O–H groups in total. The Bertz CT molecular complexity index is 637. The Hall–Kier alpha value is -1.85. The fourth-order valence-corrected chi connectivity index (χ4v) is 3.21. The molecule has 0 saturated heterocycles. The van der Waals surface area contributed by atoms with Crippen LogP contribution in [0.4, 0.5) is 5.69 Å². The Morgan fingerprint density at radius 1 is 1.40 bits per heavy atom. The number of thiophene rings is 1. The molecule has 20 heavy (non-hydrogen) atoms. The molecule has 4 nitrogen and oxygen atoms in total. The van der Waals surface area contributed by atoms with E-state index in [9.17, 15) is 4.79 Å². The van der Waals surface area contributed by atoms with Crippen molar-refractivity contribution in [2.75, 3.05) is 19.0 Å². The van der Waals surface area contributed by atoms with Gasteiger partial charge in [0.05, 0.1) is 7.11 Å². The van der Waals surface area contributed by atoms with Crippen molar-refractivity contribution >= 4 is 22.9 Å². The van der Waals surface area contributed by atoms with E-state index in [1.165, 1.54) is 22.5 Å². The van der Waals surface area contributed by atoms with Gasteiger partial charge in [0.2, 0.25) is 0 Å². The number of carbonyl (C=O) groups excluding carboxylic acids is 1. The second kappa shape index (κ2) is 5.64. The van der Waals surface area contributed by atoms with E-state index in [4.69, 9.17) is 4.74 Å². The lowest BCUT2D eigenvalue weighted by molar-refractivity contribution is 0.102. The maximum atomic E-state index is 12.3. The molecule has 0 radical (unpaired) electrons. The zero-order chi connectivity index (χ0) is 13.9. The van der Waals surface area contributed by atoms with Gasteiger partial charge in [-0.05, 0) is 41.6 Å². The fourth-order valence-electron chi connectivity index (χ4n) is 2.45. The summed E-state index contributed by atoms with van der Waals surface area (Å²) < 4.78 is 5.20. The predicted molar refractivity (Wildman–Crippen MR) is 80.7 cm³/mol. The van der Waals surface area contributed by atoms with Crippen molar-refractivity contribution in [3.8, 4) is 5.75 Å². The van der Waals surface area contributed by atoms with Crippen molar-refractivity contribution < 1.29 is 9.53 Å². The molecule has 2 heterocycles. The van der Waals surface area contributed by atoms with Crippen molar-refractivity contribution in [1.82, 2.24) is 5.32 Å². The Labute approximate surface area is 121 Å². The molecule has 2 aromatic rings. The number of nitrogens with one attached hydrogen (secondary N) is 2. The maximum Gasteiger partial charge on any atom is 0.269 e. The minimum atomic E-state index is -0.108. The lowest BCUT2D eigenvalue weighted by Crippen LogP contribution is -2.25. The van der Waals surface area contributed by atoms with E-state index in [1.807, 2.05) is 23.6 Å². The highest BCUT2D eigenvalue weighted by atomic mass is 32.1. The normalized spacial score (nSPS) is 13.7. The summed E-state index contributed by atoms with van der Waals surface area (Å²) in [4.78, 5) is 13.0. The van der Waals surface area contributed by atoms with Crippen molar-refractivity contribution in [2.45, 2.75) is 13.0 Å². The molecule has 104 valence electrons. The smallest absolute Gasteiger partial charge is 0.269 e. The van der Waals surface area contributed by atoms with Crippen molar-refractivity contribution in [1.29, 1.82) is 0 Å². The summed E-state index contributed by atoms with van der Waals surface area (Å²) in [6.45, 7) is 1.81. The average Bonchev–Trinajstić information content (AvgIpc) is 2.96. The van der Waals surface area contributed by atoms with E-state index in [0.717, 1.165) is 25.2 Å². The number of methoxy groups -OCH3 is 1. The quantitative estimate of drug-likeness (QED) is 0.913. The zero-order valence-corrected chi connectivity index (χ0v) is 12.0. The molecule has 1 aromatic heterocycles. The largest absolute Gasteiger partial charge is 0.495 e. The van der Waals surface area contributed by atoms with Crippen molar-refractivity contribution in [2.24, 2.45) is 0 Å². The Balaban J connectivity index is 1.86. The van der Waals surface area contributed by atoms with Crippen molar-refractivity contribution in [3.05, 3.63) is 45.6 Å². The second-order valence-electron chi connectivity index (χ2n) is 4.64. The highest BCUT2D eigenvalue weighted by molar-refractivity contribution is 7.12. The molecule has 0 unspecified atom stereocenters. The highest BCUT2D eigenvalue weighted by Gasteiger charge is 2.17. The Morgan fingerprint density at radius 2 is 2.30 bits per heavy atom. The van der Waals surface area contributed by atoms with Crippen LogP contribution in [0, 0.1) is 0 Å². The van der Waals surface area contributed by atoms with Crippen LogP contribution in [-0.2, 0) is 13.0 Å². The van der Waals surface area contributed by atoms with Gasteiger partial charge in [-0.1, -0.05) is 12.1 Å². The van der Waals surface area contributed by atoms with Gasteiger partial charge in [-0.3, -0.25) is 4.79 Å². The third kappa shape index (κ3) is 2.42. The number of benzene rings is 1. The summed E-state index contributed by atoms with van der Waals surface area (Å²) in [5, 5.41) is 8.21. The molecule has 3 rings (SSSR count). The Kier molecular flexibility index (Phi) is 3.71. The van der Waals surface area contributed by atoms with Gasteiger partial charge < -0.3 is 15.4 Å². The first-order valence-corrected chi connectivity index (χ1v) is 7.42. The summed E-state index contributed by atoms with van der Waals surface area (Å²) in [7, 11) is 1.58. The first-order chi connectivity index (χ1) is 9.79. The summed E-state index contributed by atoms with van der Waals surface area (Å²) in [5.74, 6) is 0.516. The van der Waals surface area contributed by atoms with E-state index in [1.54, 1.807) is 7.11 Å². The molecule has 0 fully saturated rings. The lowest BCUT2D eigenvalue weighted by atomic mass is 9.99. The van der Waals surface area contributed by atoms with Crippen LogP contribution < -0.4 is 15.4 Å². The molecule has 0 bridgehead atoms. The van der Waals surface area contributed by atoms with Gasteiger partial charge in [0.25, 0.3) is 5.91 Å². The summed E-state index contributed by atoms with van der Waals surface area (Å²) in [6, 6.07) is 7.85. The first kappa shape index (κ1) is 13.1. The maximum absolute atomic E-state index is 12.3. The van der Waals surface area contributed by atoms with Crippen LogP contribution in [0.15, 0.2) is 29.6 Å². The number of fused-ring (bicyclic) bond motifs is 1. The van der Waals surface area contributed by atoms with Gasteiger partial charge in [-0.25, -0.2) is 0 Å². The van der Waals surface area contributed by atoms with Crippen LogP contribution in [0.1, 0.15) is 20.8 Å². The molecule has 1 aliphatic heterocycles. The van der Waals surface area contributed by atoms with Crippen LogP contribution in [0.3, 0.4) is 0 Å². The molecule has 1 aliphatic rings. The molecular weight excluding hydrogens is 272 g/mol. The van der Waals surface area contributed by atoms with Gasteiger partial charge in [0.15, 0.2) is 0 Å². The van der Waals surface area contributed by atoms with E-state index in [2.05, 4.69) is 16.7 Å². The molecule has 0 spiro atoms. The first-order valence-electron chi connectivity index (χ1n) is 6.54. The number of amides is 1. The monoisotopic (exact) mass is 288 g/mol. The standard InChI is InChI=1S/C15H16N2O2S/c1-19-13-6-8-20-14(13)15(18)17-12-4-2-3-10-9-16-7-5-11(10)12/h2-4,6,8,16H,5,7,9H2,1H3,(H,17,18). The molecule has 0 aliphatic carbocycles. The van der Waals surface area contributed by atoms with E-state index < -0.39 is 0 Å². The number of carbonyl (C=O) groups is 1. The third-order valence-electron chi connectivity index (χ3n) is 3.44. The molecule has 5 heteroatoms. The summed E-state index contributed by atoms with van der Waals surface area (Å²) in [5.41, 5.74) is 3.40. The SMILES string of the molecule is COc1ccsc1C(=O)Nc1cccc2c1CCNC2. The van der Waals surface area contributed by atoms with Gasteiger partial charge in [-0.15, -0.1) is 11.3 Å². The summed E-state index contributed by atoms with van der Waals surface area (Å²) in [6.07, 6.45) is 0.938. The number of hydrogen-bond acceptors (Lipinski definition) is 4. The van der Waals surface area contributed by atoms with Crippen molar-refractivity contribution in [3.63, 3.8) is 0 Å². The van der Waals surface area contributed by atoms with Crippen LogP contribution in [0.25, 0.3) is 0 Å². The van der Waals surface area contributed by atoms with Crippen LogP contribution in [0.5, 0.6) is 5.75 Å². The highest BCUT2D eigenvalue weighted by Crippen LogP contribution is 2.28. The van der Waals surface area contributed by atoms with Crippen LogP contribution in [-0.4, -0.2) is 19.6 Å². The topological polar surface area (TPSA) is 50.4 Å². The minimum Gasteiger partial charge on any atom is -0.495 e. The van der Waals surface area contributed by atoms with Crippen LogP contribution in [0.2, 0.25) is 0 Å². The predicted octanol–water partition coefficient (Wildman–Crippen LogP) is 2.65. The molecule has 1 amide bonds. The van der Waals surface area contributed by atoms with E-state index >= 15 is 0 Å². The van der Waals surface area contributed by atoms with Crippen LogP contribution >= 0.6 is 11.3 Å². The van der Waals surface area contributed by atoms with E-state index in [-0.39, 0.29) is 5.91 Å². The number of hydrogen-bond donors (Lipinski definition) is 2. The lowest BCUT2D eigenvalue weighted by Gasteiger charge is -2.20. The fraction of sp³-hybridized carbons (Fsp3) is 0.267. The molecule has 0 saturated carbocycles. The number of anilines is 1. The molecule has 0 atom stereocenters. The summed E-state index contributed by atoms with van der Waals surface area (Å²) >= 11 is 1.39. The number of ether oxygens (including phenoxy) is 1. The Morgan fingerprint density at radius 3 is 3.15 bits per heavy atom. The number of rotatable bonds is 3. The van der Waals surface area contributed by atoms with Gasteiger partial charge in [0.1, 0.15) is 10.6 Å². The molecular formula is C15H16N2O2S. The van der Waals surface area contributed by atoms with Gasteiger partial charge in [0, 0.05) is 12.2 Å². The second-order valence-corrected chi connectivity index (χ2v) is 5.56. The zero-order valence-electron chi connectivity index (χ0n) is 11.2.